The van der Waals surface area contributed by atoms with E-state index in [9.17, 15) is 9.18 Å². The van der Waals surface area contributed by atoms with Crippen LogP contribution in [0.1, 0.15) is 0 Å². The number of aliphatic imine (C=N–C) groups is 2. The van der Waals surface area contributed by atoms with Gasteiger partial charge >= 0.3 is 0 Å². The van der Waals surface area contributed by atoms with Gasteiger partial charge in [0.1, 0.15) is 6.67 Å². The number of aldehydes is 1. The number of nitrogens with zero attached hydrogens (tertiary/aromatic N) is 2. The molecule has 0 N–H and O–H groups in total. The highest BCUT2D eigenvalue weighted by Gasteiger charge is 2.01. The van der Waals surface area contributed by atoms with Crippen LogP contribution in [0.25, 0.3) is 0 Å². The fourth-order valence-corrected chi connectivity index (χ4v) is 0.496. The van der Waals surface area contributed by atoms with Crippen molar-refractivity contribution in [1.29, 1.82) is 0 Å². The molecule has 0 rings (SSSR count). The van der Waals surface area contributed by atoms with Gasteiger partial charge in [-0.2, -0.15) is 0 Å². The van der Waals surface area contributed by atoms with Gasteiger partial charge in [-0.3, -0.25) is 9.79 Å². The molecule has 0 aliphatic rings. The van der Waals surface area contributed by atoms with E-state index in [2.05, 4.69) is 21.4 Å². The quantitative estimate of drug-likeness (QED) is 0.266. The second-order valence-corrected chi connectivity index (χ2v) is 1.64. The third-order valence-electron chi connectivity index (χ3n) is 0.972. The number of carbonyl (C=O) groups is 1. The summed E-state index contributed by atoms with van der Waals surface area (Å²) in [7, 11) is 1.31. The highest BCUT2D eigenvalue weighted by atomic mass is 19.1. The van der Waals surface area contributed by atoms with Crippen molar-refractivity contribution in [2.24, 2.45) is 9.98 Å². The molecule has 0 radical (unpaired) electrons. The molecule has 0 amide bonds. The van der Waals surface area contributed by atoms with E-state index in [4.69, 9.17) is 0 Å². The molecule has 5 heteroatoms. The molecule has 0 aromatic heterocycles. The highest BCUT2D eigenvalue weighted by molar-refractivity contribution is 5.75. The first-order chi connectivity index (χ1) is 5.79. The monoisotopic (exact) mass is 172 g/mol. The van der Waals surface area contributed by atoms with E-state index in [-0.39, 0.29) is 11.6 Å². The molecule has 0 atom stereocenters. The Balaban J connectivity index is 4.68. The lowest BCUT2D eigenvalue weighted by atomic mass is 10.5. The van der Waals surface area contributed by atoms with Gasteiger partial charge in [0, 0.05) is 6.21 Å². The predicted molar refractivity (Wildman–Crippen MR) is 44.1 cm³/mol. The summed E-state index contributed by atoms with van der Waals surface area (Å²) in [6.45, 7) is 2.40. The fourth-order valence-electron chi connectivity index (χ4n) is 0.496. The second kappa shape index (κ2) is 6.21. The first kappa shape index (κ1) is 10.5. The normalized spacial score (nSPS) is 12.5. The van der Waals surface area contributed by atoms with E-state index in [1.807, 2.05) is 0 Å². The number of carbonyl (C=O) groups excluding carboxylic acids is 1. The maximum atomic E-state index is 11.6. The van der Waals surface area contributed by atoms with Gasteiger partial charge in [0.15, 0.2) is 12.0 Å². The molecule has 66 valence electrons. The zero-order valence-electron chi connectivity index (χ0n) is 6.66. The van der Waals surface area contributed by atoms with Gasteiger partial charge in [0.05, 0.1) is 7.11 Å². The number of ether oxygens (including phenoxy) is 1. The molecule has 0 bridgehead atoms. The summed E-state index contributed by atoms with van der Waals surface area (Å²) in [6, 6.07) is 0. The molecule has 0 aromatic carbocycles. The summed E-state index contributed by atoms with van der Waals surface area (Å²) in [6.07, 6.45) is 1.40. The predicted octanol–water partition coefficient (Wildman–Crippen LogP) is 0.742. The van der Waals surface area contributed by atoms with Gasteiger partial charge < -0.3 is 4.74 Å². The van der Waals surface area contributed by atoms with Crippen molar-refractivity contribution in [1.82, 2.24) is 0 Å². The third-order valence-corrected chi connectivity index (χ3v) is 0.972. The van der Waals surface area contributed by atoms with Crippen molar-refractivity contribution in [2.45, 2.75) is 0 Å². The molecular formula is C7H9FN2O2. The van der Waals surface area contributed by atoms with Crippen molar-refractivity contribution in [2.75, 3.05) is 13.8 Å². The zero-order valence-corrected chi connectivity index (χ0v) is 6.66. The Morgan fingerprint density at radius 3 is 2.75 bits per heavy atom. The summed E-state index contributed by atoms with van der Waals surface area (Å²) >= 11 is 0. The van der Waals surface area contributed by atoms with Crippen molar-refractivity contribution < 1.29 is 13.9 Å². The molecular weight excluding hydrogens is 163 g/mol. The van der Waals surface area contributed by atoms with Crippen LogP contribution in [-0.2, 0) is 9.53 Å². The highest BCUT2D eigenvalue weighted by Crippen LogP contribution is 2.04. The van der Waals surface area contributed by atoms with E-state index < -0.39 is 6.67 Å². The minimum atomic E-state index is -0.726. The Bertz CT molecular complexity index is 213. The number of halogens is 1. The Hall–Kier alpha value is -1.52. The average molecular weight is 172 g/mol. The summed E-state index contributed by atoms with van der Waals surface area (Å²) in [4.78, 5) is 17.1. The van der Waals surface area contributed by atoms with Crippen LogP contribution in [0.5, 0.6) is 0 Å². The number of hydrogen-bond donors (Lipinski definition) is 0. The standard InChI is InChI=1S/C7H9FN2O2/c1-9-6(5-11)7(12-2)10-4-3-8/h4-5H,1,3H2,2H3/b7-6+,10-4-. The first-order valence-corrected chi connectivity index (χ1v) is 3.08. The lowest BCUT2D eigenvalue weighted by Crippen LogP contribution is -1.92. The van der Waals surface area contributed by atoms with E-state index in [0.29, 0.717) is 6.29 Å². The molecule has 4 nitrogen and oxygen atoms in total. The third kappa shape index (κ3) is 3.05. The number of hydrogen-bond acceptors (Lipinski definition) is 4. The minimum absolute atomic E-state index is 0.0438. The molecule has 0 heterocycles. The van der Waals surface area contributed by atoms with Crippen LogP contribution >= 0.6 is 0 Å². The Morgan fingerprint density at radius 1 is 1.75 bits per heavy atom. The molecule has 0 aromatic rings. The summed E-state index contributed by atoms with van der Waals surface area (Å²) in [5.74, 6) is -0.0438. The van der Waals surface area contributed by atoms with Crippen LogP contribution in [0.4, 0.5) is 4.39 Å². The molecule has 0 fully saturated rings. The summed E-state index contributed by atoms with van der Waals surface area (Å²) in [5, 5.41) is 0. The van der Waals surface area contributed by atoms with Gasteiger partial charge in [0.25, 0.3) is 0 Å². The van der Waals surface area contributed by atoms with Gasteiger partial charge in [-0.1, -0.05) is 0 Å². The molecule has 0 unspecified atom stereocenters. The van der Waals surface area contributed by atoms with Crippen LogP contribution in [0, 0.1) is 0 Å². The largest absolute Gasteiger partial charge is 0.479 e. The van der Waals surface area contributed by atoms with E-state index in [0.717, 1.165) is 6.21 Å². The van der Waals surface area contributed by atoms with E-state index in [1.54, 1.807) is 0 Å². The smallest absolute Gasteiger partial charge is 0.242 e. The lowest BCUT2D eigenvalue weighted by Gasteiger charge is -1.98. The Labute approximate surface area is 69.5 Å². The zero-order chi connectivity index (χ0) is 9.40. The van der Waals surface area contributed by atoms with E-state index in [1.165, 1.54) is 7.11 Å². The lowest BCUT2D eigenvalue weighted by molar-refractivity contribution is -0.105. The molecule has 0 spiro atoms. The maximum Gasteiger partial charge on any atom is 0.242 e. The molecule has 12 heavy (non-hydrogen) atoms. The van der Waals surface area contributed by atoms with Crippen LogP contribution < -0.4 is 0 Å². The van der Waals surface area contributed by atoms with Gasteiger partial charge in [0.2, 0.25) is 5.88 Å². The molecule has 0 aliphatic heterocycles. The second-order valence-electron chi connectivity index (χ2n) is 1.64. The first-order valence-electron chi connectivity index (χ1n) is 3.08. The Morgan fingerprint density at radius 2 is 2.42 bits per heavy atom. The SMILES string of the molecule is C=N/C(C=O)=C(\N=C/CF)OC. The van der Waals surface area contributed by atoms with Crippen molar-refractivity contribution >= 4 is 19.2 Å². The van der Waals surface area contributed by atoms with Crippen LogP contribution in [-0.4, -0.2) is 33.0 Å². The van der Waals surface area contributed by atoms with Crippen molar-refractivity contribution in [3.63, 3.8) is 0 Å². The summed E-state index contributed by atoms with van der Waals surface area (Å²) < 4.78 is 16.2. The van der Waals surface area contributed by atoms with Crippen LogP contribution in [0.15, 0.2) is 21.6 Å². The summed E-state index contributed by atoms with van der Waals surface area (Å²) in [5.41, 5.74) is -0.0535. The topological polar surface area (TPSA) is 51.0 Å². The molecule has 0 saturated carbocycles. The number of rotatable bonds is 5. The number of alkyl halides is 1. The molecule has 0 aliphatic carbocycles. The Kier molecular flexibility index (Phi) is 5.42. The number of allylic oxidation sites excluding steroid dienone is 1. The maximum absolute atomic E-state index is 11.6. The molecule has 0 saturated heterocycles. The van der Waals surface area contributed by atoms with Gasteiger partial charge in [-0.25, -0.2) is 9.38 Å². The van der Waals surface area contributed by atoms with Crippen molar-refractivity contribution in [3.05, 3.63) is 11.6 Å². The average Bonchev–Trinajstić information content (AvgIpc) is 2.12. The fraction of sp³-hybridized carbons (Fsp3) is 0.286. The van der Waals surface area contributed by atoms with Crippen LogP contribution in [0.3, 0.4) is 0 Å². The minimum Gasteiger partial charge on any atom is -0.479 e. The number of methoxy groups -OCH3 is 1. The van der Waals surface area contributed by atoms with Gasteiger partial charge in [-0.15, -0.1) is 0 Å². The van der Waals surface area contributed by atoms with Crippen LogP contribution in [0.2, 0.25) is 0 Å². The van der Waals surface area contributed by atoms with Gasteiger partial charge in [-0.05, 0) is 6.72 Å². The van der Waals surface area contributed by atoms with Crippen molar-refractivity contribution in [3.8, 4) is 0 Å². The van der Waals surface area contributed by atoms with E-state index >= 15 is 0 Å².